The monoisotopic (exact) mass is 244 g/mol. The molecule has 1 saturated carbocycles. The minimum atomic E-state index is -4.47. The molecule has 7 heteroatoms. The van der Waals surface area contributed by atoms with Crippen LogP contribution in [0.2, 0.25) is 0 Å². The maximum Gasteiger partial charge on any atom is 0.449 e. The average Bonchev–Trinajstić information content (AvgIpc) is 2.20. The van der Waals surface area contributed by atoms with E-state index in [1.54, 1.807) is 0 Å². The van der Waals surface area contributed by atoms with E-state index in [0.717, 1.165) is 0 Å². The van der Waals surface area contributed by atoms with Crippen molar-refractivity contribution < 1.29 is 31.8 Å². The predicted octanol–water partition coefficient (Wildman–Crippen LogP) is 2.35. The van der Waals surface area contributed by atoms with Gasteiger partial charge in [-0.2, -0.15) is 13.2 Å². The second kappa shape index (κ2) is 5.58. The summed E-state index contributed by atoms with van der Waals surface area (Å²) in [4.78, 5) is 9.95. The summed E-state index contributed by atoms with van der Waals surface area (Å²) in [5, 5.41) is 0. The van der Waals surface area contributed by atoms with Crippen LogP contribution in [0.3, 0.4) is 0 Å². The van der Waals surface area contributed by atoms with Crippen molar-refractivity contribution in [3.05, 3.63) is 0 Å². The Labute approximate surface area is 89.7 Å². The van der Waals surface area contributed by atoms with E-state index >= 15 is 0 Å². The largest absolute Gasteiger partial charge is 0.449 e. The molecule has 1 aliphatic carbocycles. The van der Waals surface area contributed by atoms with Crippen LogP contribution < -0.4 is 0 Å². The summed E-state index contributed by atoms with van der Waals surface area (Å²) in [6.45, 7) is -1.13. The Hall–Kier alpha value is -0.690. The topological polar surface area (TPSA) is 35.5 Å². The van der Waals surface area contributed by atoms with Gasteiger partial charge in [0.15, 0.2) is 6.86 Å². The van der Waals surface area contributed by atoms with Gasteiger partial charge in [-0.1, -0.05) is 12.8 Å². The van der Waals surface area contributed by atoms with Gasteiger partial charge in [-0.15, -0.1) is 0 Å². The van der Waals surface area contributed by atoms with Gasteiger partial charge in [0.2, 0.25) is 0 Å². The molecule has 94 valence electrons. The normalized spacial score (nSPS) is 26.8. The van der Waals surface area contributed by atoms with Crippen molar-refractivity contribution in [2.75, 3.05) is 6.86 Å². The molecule has 0 radical (unpaired) electrons. The highest BCUT2D eigenvalue weighted by molar-refractivity contribution is 5.74. The van der Waals surface area contributed by atoms with Gasteiger partial charge < -0.3 is 9.47 Å². The van der Waals surface area contributed by atoms with Crippen LogP contribution in [-0.4, -0.2) is 31.2 Å². The van der Waals surface area contributed by atoms with Crippen molar-refractivity contribution in [1.29, 1.82) is 0 Å². The van der Waals surface area contributed by atoms with E-state index in [0.29, 0.717) is 19.3 Å². The number of carbonyl (C=O) groups is 1. The molecule has 0 heterocycles. The van der Waals surface area contributed by atoms with Crippen molar-refractivity contribution in [2.45, 2.75) is 44.0 Å². The lowest BCUT2D eigenvalue weighted by Gasteiger charge is -2.31. The molecule has 3 nitrogen and oxygen atoms in total. The SMILES string of the molecule is O=C(F)C(F)(F)OC1CCCCC1OCF. The Morgan fingerprint density at radius 1 is 1.25 bits per heavy atom. The van der Waals surface area contributed by atoms with Gasteiger partial charge in [0.05, 0.1) is 12.2 Å². The standard InChI is InChI=1S/C9H12F4O3/c10-5-15-6-3-1-2-4-7(6)16-9(12,13)8(11)14/h6-7H,1-5H2. The average molecular weight is 244 g/mol. The van der Waals surface area contributed by atoms with E-state index in [1.807, 2.05) is 0 Å². The molecule has 2 atom stereocenters. The van der Waals surface area contributed by atoms with Crippen LogP contribution in [0.4, 0.5) is 17.6 Å². The summed E-state index contributed by atoms with van der Waals surface area (Å²) in [5.41, 5.74) is 0. The molecule has 0 aromatic heterocycles. The second-order valence-corrected chi connectivity index (χ2v) is 3.55. The van der Waals surface area contributed by atoms with E-state index in [-0.39, 0.29) is 6.42 Å². The summed E-state index contributed by atoms with van der Waals surface area (Å²) in [6.07, 6.45) is -4.66. The van der Waals surface area contributed by atoms with Crippen LogP contribution in [0.25, 0.3) is 0 Å². The molecule has 16 heavy (non-hydrogen) atoms. The van der Waals surface area contributed by atoms with E-state index < -0.39 is 31.2 Å². The quantitative estimate of drug-likeness (QED) is 0.550. The van der Waals surface area contributed by atoms with Gasteiger partial charge in [-0.3, -0.25) is 4.79 Å². The van der Waals surface area contributed by atoms with Gasteiger partial charge in [-0.25, -0.2) is 4.39 Å². The molecule has 1 fully saturated rings. The van der Waals surface area contributed by atoms with Crippen LogP contribution in [-0.2, 0) is 14.3 Å². The van der Waals surface area contributed by atoms with Gasteiger partial charge in [-0.05, 0) is 12.8 Å². The highest BCUT2D eigenvalue weighted by Crippen LogP contribution is 2.29. The molecule has 0 N–H and O–H groups in total. The fourth-order valence-corrected chi connectivity index (χ4v) is 1.71. The lowest BCUT2D eigenvalue weighted by Crippen LogP contribution is -2.42. The van der Waals surface area contributed by atoms with Crippen molar-refractivity contribution in [2.24, 2.45) is 0 Å². The number of halogens is 4. The number of rotatable bonds is 5. The lowest BCUT2D eigenvalue weighted by atomic mass is 9.94. The molecule has 0 aromatic carbocycles. The van der Waals surface area contributed by atoms with Gasteiger partial charge in [0.25, 0.3) is 0 Å². The summed E-state index contributed by atoms with van der Waals surface area (Å²) >= 11 is 0. The zero-order valence-electron chi connectivity index (χ0n) is 8.43. The Morgan fingerprint density at radius 3 is 2.31 bits per heavy atom. The second-order valence-electron chi connectivity index (χ2n) is 3.55. The Balaban J connectivity index is 2.58. The Kier molecular flexibility index (Phi) is 4.67. The molecule has 2 unspecified atom stereocenters. The molecule has 0 amide bonds. The molecule has 0 spiro atoms. The van der Waals surface area contributed by atoms with Gasteiger partial charge >= 0.3 is 12.1 Å². The molecule has 0 saturated heterocycles. The molecular formula is C9H12F4O3. The van der Waals surface area contributed by atoms with Crippen LogP contribution >= 0.6 is 0 Å². The zero-order chi connectivity index (χ0) is 12.2. The molecule has 0 aromatic rings. The van der Waals surface area contributed by atoms with Crippen LogP contribution in [0.1, 0.15) is 25.7 Å². The van der Waals surface area contributed by atoms with E-state index in [9.17, 15) is 22.4 Å². The van der Waals surface area contributed by atoms with Crippen LogP contribution in [0.5, 0.6) is 0 Å². The maximum atomic E-state index is 12.6. The summed E-state index contributed by atoms with van der Waals surface area (Å²) in [7, 11) is 0. The molecule has 0 bridgehead atoms. The third-order valence-corrected chi connectivity index (χ3v) is 2.45. The maximum absolute atomic E-state index is 12.6. The van der Waals surface area contributed by atoms with Gasteiger partial charge in [0.1, 0.15) is 0 Å². The van der Waals surface area contributed by atoms with E-state index in [2.05, 4.69) is 9.47 Å². The summed E-state index contributed by atoms with van der Waals surface area (Å²) < 4.78 is 57.8. The first kappa shape index (κ1) is 13.4. The number of hydrogen-bond acceptors (Lipinski definition) is 3. The minimum absolute atomic E-state index is 0.188. The first-order chi connectivity index (χ1) is 7.47. The predicted molar refractivity (Wildman–Crippen MR) is 45.3 cm³/mol. The molecule has 0 aliphatic heterocycles. The Bertz CT molecular complexity index is 245. The first-order valence-corrected chi connectivity index (χ1v) is 4.90. The zero-order valence-corrected chi connectivity index (χ0v) is 8.43. The van der Waals surface area contributed by atoms with Crippen molar-refractivity contribution in [3.8, 4) is 0 Å². The third kappa shape index (κ3) is 3.41. The van der Waals surface area contributed by atoms with E-state index in [1.165, 1.54) is 0 Å². The van der Waals surface area contributed by atoms with Crippen molar-refractivity contribution >= 4 is 6.04 Å². The van der Waals surface area contributed by atoms with Crippen molar-refractivity contribution in [3.63, 3.8) is 0 Å². The fraction of sp³-hybridized carbons (Fsp3) is 0.889. The van der Waals surface area contributed by atoms with Crippen LogP contribution in [0.15, 0.2) is 0 Å². The van der Waals surface area contributed by atoms with Crippen LogP contribution in [0, 0.1) is 0 Å². The fourth-order valence-electron chi connectivity index (χ4n) is 1.71. The number of hydrogen-bond donors (Lipinski definition) is 0. The minimum Gasteiger partial charge on any atom is -0.345 e. The number of carbonyl (C=O) groups excluding carboxylic acids is 1. The molecule has 1 aliphatic rings. The van der Waals surface area contributed by atoms with Gasteiger partial charge in [0, 0.05) is 0 Å². The smallest absolute Gasteiger partial charge is 0.345 e. The summed E-state index contributed by atoms with van der Waals surface area (Å²) in [6, 6.07) is -2.85. The highest BCUT2D eigenvalue weighted by atomic mass is 19.3. The Morgan fingerprint density at radius 2 is 1.81 bits per heavy atom. The van der Waals surface area contributed by atoms with Crippen molar-refractivity contribution in [1.82, 2.24) is 0 Å². The highest BCUT2D eigenvalue weighted by Gasteiger charge is 2.45. The molecular weight excluding hydrogens is 232 g/mol. The lowest BCUT2D eigenvalue weighted by molar-refractivity contribution is -0.276. The summed E-state index contributed by atoms with van der Waals surface area (Å²) in [5.74, 6) is 0. The first-order valence-electron chi connectivity index (χ1n) is 4.90. The number of alkyl halides is 3. The van der Waals surface area contributed by atoms with E-state index in [4.69, 9.17) is 0 Å². The number of ether oxygens (including phenoxy) is 2. The third-order valence-electron chi connectivity index (χ3n) is 2.45. The molecule has 1 rings (SSSR count).